The lowest BCUT2D eigenvalue weighted by molar-refractivity contribution is 0.0617. The number of halogens is 1. The number of hydrogen-bond acceptors (Lipinski definition) is 2. The number of carbonyl (C=O) groups excluding carboxylic acids is 1. The molecule has 1 aromatic rings. The Kier molecular flexibility index (Phi) is 4.61. The lowest BCUT2D eigenvalue weighted by Gasteiger charge is -2.36. The van der Waals surface area contributed by atoms with Gasteiger partial charge in [-0.1, -0.05) is 19.1 Å². The Morgan fingerprint density at radius 2 is 2.22 bits per heavy atom. The Balaban J connectivity index is 2.13. The molecule has 1 fully saturated rings. The highest BCUT2D eigenvalue weighted by atomic mass is 127. The van der Waals surface area contributed by atoms with Gasteiger partial charge < -0.3 is 10.6 Å². The van der Waals surface area contributed by atoms with Gasteiger partial charge in [-0.25, -0.2) is 0 Å². The molecule has 0 spiro atoms. The van der Waals surface area contributed by atoms with E-state index < -0.39 is 0 Å². The number of benzene rings is 1. The molecule has 2 N–H and O–H groups in total. The third-order valence-electron chi connectivity index (χ3n) is 3.81. The predicted octanol–water partition coefficient (Wildman–Crippen LogP) is 2.35. The van der Waals surface area contributed by atoms with Crippen molar-refractivity contribution in [3.05, 3.63) is 33.4 Å². The molecule has 0 aromatic heterocycles. The second-order valence-corrected chi connectivity index (χ2v) is 6.15. The molecular weight excluding hydrogens is 339 g/mol. The first-order chi connectivity index (χ1) is 8.63. The fourth-order valence-corrected chi connectivity index (χ4v) is 3.06. The van der Waals surface area contributed by atoms with Gasteiger partial charge in [-0.15, -0.1) is 0 Å². The van der Waals surface area contributed by atoms with E-state index in [1.165, 1.54) is 0 Å². The van der Waals surface area contributed by atoms with Crippen LogP contribution in [0.2, 0.25) is 0 Å². The van der Waals surface area contributed by atoms with E-state index >= 15 is 0 Å². The molecule has 0 saturated carbocycles. The quantitative estimate of drug-likeness (QED) is 0.825. The van der Waals surface area contributed by atoms with Crippen molar-refractivity contribution in [2.45, 2.75) is 13.3 Å². The van der Waals surface area contributed by atoms with E-state index in [9.17, 15) is 4.79 Å². The lowest BCUT2D eigenvalue weighted by Crippen LogP contribution is -2.45. The Labute approximate surface area is 122 Å². The minimum absolute atomic E-state index is 0.144. The van der Waals surface area contributed by atoms with Gasteiger partial charge in [0, 0.05) is 16.7 Å². The molecule has 4 heteroatoms. The zero-order valence-electron chi connectivity index (χ0n) is 10.6. The second-order valence-electron chi connectivity index (χ2n) is 4.99. The number of carbonyl (C=O) groups is 1. The van der Waals surface area contributed by atoms with E-state index in [1.54, 1.807) is 0 Å². The second kappa shape index (κ2) is 6.02. The molecular formula is C14H19IN2O. The Hall–Kier alpha value is -0.620. The average molecular weight is 358 g/mol. The first kappa shape index (κ1) is 13.8. The highest BCUT2D eigenvalue weighted by molar-refractivity contribution is 14.1. The summed E-state index contributed by atoms with van der Waals surface area (Å²) in [5.41, 5.74) is 6.59. The SMILES string of the molecule is CC1CCN(C(=O)c2ccccc2I)CC1CN. The molecule has 1 heterocycles. The average Bonchev–Trinajstić information content (AvgIpc) is 2.39. The summed E-state index contributed by atoms with van der Waals surface area (Å²) in [7, 11) is 0. The van der Waals surface area contributed by atoms with Crippen LogP contribution in [0.5, 0.6) is 0 Å². The largest absolute Gasteiger partial charge is 0.338 e. The highest BCUT2D eigenvalue weighted by Gasteiger charge is 2.28. The minimum atomic E-state index is 0.144. The molecule has 0 bridgehead atoms. The number of piperidine rings is 1. The van der Waals surface area contributed by atoms with Crippen LogP contribution in [0.25, 0.3) is 0 Å². The van der Waals surface area contributed by atoms with Crippen molar-refractivity contribution in [3.8, 4) is 0 Å². The summed E-state index contributed by atoms with van der Waals surface area (Å²) in [4.78, 5) is 14.4. The molecule has 1 saturated heterocycles. The van der Waals surface area contributed by atoms with Crippen LogP contribution in [0.3, 0.4) is 0 Å². The number of likely N-dealkylation sites (tertiary alicyclic amines) is 1. The maximum atomic E-state index is 12.5. The van der Waals surface area contributed by atoms with Crippen molar-refractivity contribution in [2.24, 2.45) is 17.6 Å². The van der Waals surface area contributed by atoms with Gasteiger partial charge >= 0.3 is 0 Å². The van der Waals surface area contributed by atoms with Crippen LogP contribution in [-0.2, 0) is 0 Å². The van der Waals surface area contributed by atoms with Gasteiger partial charge in [0.05, 0.1) is 5.56 Å². The van der Waals surface area contributed by atoms with Crippen molar-refractivity contribution in [1.29, 1.82) is 0 Å². The smallest absolute Gasteiger partial charge is 0.254 e. The number of amides is 1. The molecule has 0 radical (unpaired) electrons. The number of hydrogen-bond donors (Lipinski definition) is 1. The number of nitrogens with two attached hydrogens (primary N) is 1. The van der Waals surface area contributed by atoms with Crippen molar-refractivity contribution in [1.82, 2.24) is 4.90 Å². The molecule has 18 heavy (non-hydrogen) atoms. The van der Waals surface area contributed by atoms with E-state index in [2.05, 4.69) is 29.5 Å². The Bertz CT molecular complexity index is 436. The van der Waals surface area contributed by atoms with Gasteiger partial charge in [0.2, 0.25) is 0 Å². The molecule has 1 amide bonds. The Morgan fingerprint density at radius 1 is 1.50 bits per heavy atom. The van der Waals surface area contributed by atoms with Crippen LogP contribution in [0.1, 0.15) is 23.7 Å². The van der Waals surface area contributed by atoms with Gasteiger partial charge in [0.1, 0.15) is 0 Å². The summed E-state index contributed by atoms with van der Waals surface area (Å²) in [6, 6.07) is 7.75. The lowest BCUT2D eigenvalue weighted by atomic mass is 9.87. The van der Waals surface area contributed by atoms with Crippen LogP contribution in [0.4, 0.5) is 0 Å². The topological polar surface area (TPSA) is 46.3 Å². The van der Waals surface area contributed by atoms with Crippen molar-refractivity contribution in [2.75, 3.05) is 19.6 Å². The maximum Gasteiger partial charge on any atom is 0.254 e. The van der Waals surface area contributed by atoms with E-state index in [1.807, 2.05) is 29.2 Å². The highest BCUT2D eigenvalue weighted by Crippen LogP contribution is 2.24. The summed E-state index contributed by atoms with van der Waals surface area (Å²) in [6.07, 6.45) is 1.05. The molecule has 1 aromatic carbocycles. The van der Waals surface area contributed by atoms with E-state index in [0.717, 1.165) is 28.6 Å². The zero-order valence-corrected chi connectivity index (χ0v) is 12.8. The van der Waals surface area contributed by atoms with Gasteiger partial charge in [-0.2, -0.15) is 0 Å². The van der Waals surface area contributed by atoms with E-state index in [-0.39, 0.29) is 5.91 Å². The summed E-state index contributed by atoms with van der Waals surface area (Å²) < 4.78 is 1.02. The summed E-state index contributed by atoms with van der Waals surface area (Å²) in [5, 5.41) is 0. The normalized spacial score (nSPS) is 24.1. The van der Waals surface area contributed by atoms with Crippen LogP contribution < -0.4 is 5.73 Å². The van der Waals surface area contributed by atoms with Gasteiger partial charge in [0.25, 0.3) is 5.91 Å². The molecule has 3 nitrogen and oxygen atoms in total. The molecule has 0 aliphatic carbocycles. The van der Waals surface area contributed by atoms with Gasteiger partial charge in [0.15, 0.2) is 0 Å². The monoisotopic (exact) mass is 358 g/mol. The van der Waals surface area contributed by atoms with Crippen LogP contribution in [0, 0.1) is 15.4 Å². The molecule has 98 valence electrons. The van der Waals surface area contributed by atoms with Gasteiger partial charge in [-0.05, 0) is 59.5 Å². The van der Waals surface area contributed by atoms with Gasteiger partial charge in [-0.3, -0.25) is 4.79 Å². The first-order valence-electron chi connectivity index (χ1n) is 6.37. The molecule has 1 aliphatic rings. The Morgan fingerprint density at radius 3 is 2.89 bits per heavy atom. The number of rotatable bonds is 2. The summed E-state index contributed by atoms with van der Waals surface area (Å²) in [6.45, 7) is 4.53. The molecule has 1 aliphatic heterocycles. The standard InChI is InChI=1S/C14H19IN2O/c1-10-6-7-17(9-11(10)8-16)14(18)12-4-2-3-5-13(12)15/h2-5,10-11H,6-9,16H2,1H3. The maximum absolute atomic E-state index is 12.5. The first-order valence-corrected chi connectivity index (χ1v) is 7.45. The molecule has 2 unspecified atom stereocenters. The molecule has 2 atom stereocenters. The zero-order chi connectivity index (χ0) is 13.1. The van der Waals surface area contributed by atoms with Crippen LogP contribution in [-0.4, -0.2) is 30.4 Å². The van der Waals surface area contributed by atoms with Crippen molar-refractivity contribution >= 4 is 28.5 Å². The summed E-state index contributed by atoms with van der Waals surface area (Å²) >= 11 is 2.22. The fourth-order valence-electron chi connectivity index (χ4n) is 2.45. The van der Waals surface area contributed by atoms with Crippen molar-refractivity contribution < 1.29 is 4.79 Å². The summed E-state index contributed by atoms with van der Waals surface area (Å²) in [5.74, 6) is 1.20. The fraction of sp³-hybridized carbons (Fsp3) is 0.500. The van der Waals surface area contributed by atoms with E-state index in [0.29, 0.717) is 18.4 Å². The third kappa shape index (κ3) is 2.85. The van der Waals surface area contributed by atoms with E-state index in [4.69, 9.17) is 5.73 Å². The van der Waals surface area contributed by atoms with Crippen LogP contribution in [0.15, 0.2) is 24.3 Å². The van der Waals surface area contributed by atoms with Crippen molar-refractivity contribution in [3.63, 3.8) is 0 Å². The van der Waals surface area contributed by atoms with Crippen LogP contribution >= 0.6 is 22.6 Å². The number of nitrogens with zero attached hydrogens (tertiary/aromatic N) is 1. The molecule has 2 rings (SSSR count). The minimum Gasteiger partial charge on any atom is -0.338 e. The third-order valence-corrected chi connectivity index (χ3v) is 4.75. The predicted molar refractivity (Wildman–Crippen MR) is 81.4 cm³/mol.